The van der Waals surface area contributed by atoms with E-state index in [0.29, 0.717) is 32.3 Å². The first-order chi connectivity index (χ1) is 12.4. The molecule has 1 saturated heterocycles. The van der Waals surface area contributed by atoms with Crippen LogP contribution in [0.1, 0.15) is 32.3 Å². The van der Waals surface area contributed by atoms with Crippen molar-refractivity contribution < 1.29 is 17.9 Å². The van der Waals surface area contributed by atoms with Crippen LogP contribution in [0.2, 0.25) is 0 Å². The zero-order valence-electron chi connectivity index (χ0n) is 15.3. The van der Waals surface area contributed by atoms with Crippen LogP contribution in [0.25, 0.3) is 6.08 Å². The highest BCUT2D eigenvalue weighted by molar-refractivity contribution is 7.89. The maximum Gasteiger partial charge on any atom is 0.247 e. The summed E-state index contributed by atoms with van der Waals surface area (Å²) >= 11 is 0. The average molecular weight is 378 g/mol. The van der Waals surface area contributed by atoms with E-state index < -0.39 is 10.0 Å². The van der Waals surface area contributed by atoms with Crippen molar-refractivity contribution >= 4 is 22.0 Å². The van der Waals surface area contributed by atoms with E-state index in [0.717, 1.165) is 18.4 Å². The smallest absolute Gasteiger partial charge is 0.247 e. The first-order valence-corrected chi connectivity index (χ1v) is 10.5. The Labute approximate surface area is 155 Å². The van der Waals surface area contributed by atoms with E-state index in [1.165, 1.54) is 4.31 Å². The fourth-order valence-electron chi connectivity index (χ4n) is 3.15. The van der Waals surface area contributed by atoms with Crippen molar-refractivity contribution in [3.63, 3.8) is 0 Å². The summed E-state index contributed by atoms with van der Waals surface area (Å²) in [6.45, 7) is 5.66. The normalized spacial score (nSPS) is 19.2. The molecule has 2 fully saturated rings. The van der Waals surface area contributed by atoms with Crippen LogP contribution in [0, 0.1) is 0 Å². The fraction of sp³-hybridized carbons (Fsp3) is 0.526. The molecule has 0 bridgehead atoms. The maximum absolute atomic E-state index is 12.6. The molecule has 1 aromatic carbocycles. The Morgan fingerprint density at radius 2 is 1.81 bits per heavy atom. The number of benzene rings is 1. The fourth-order valence-corrected chi connectivity index (χ4v) is 4.56. The predicted molar refractivity (Wildman–Crippen MR) is 100 cm³/mol. The number of nitrogens with zero attached hydrogens (tertiary/aromatic N) is 2. The zero-order chi connectivity index (χ0) is 18.7. The lowest BCUT2D eigenvalue weighted by Crippen LogP contribution is -2.40. The molecular weight excluding hydrogens is 352 g/mol. The van der Waals surface area contributed by atoms with Gasteiger partial charge in [0.2, 0.25) is 15.9 Å². The van der Waals surface area contributed by atoms with Gasteiger partial charge in [-0.05, 0) is 50.5 Å². The predicted octanol–water partition coefficient (Wildman–Crippen LogP) is 2.12. The van der Waals surface area contributed by atoms with Crippen molar-refractivity contribution in [3.8, 4) is 0 Å². The Balaban J connectivity index is 1.68. The summed E-state index contributed by atoms with van der Waals surface area (Å²) in [6, 6.07) is 7.20. The lowest BCUT2D eigenvalue weighted by Gasteiger charge is -2.26. The van der Waals surface area contributed by atoms with Gasteiger partial charge in [0.1, 0.15) is 0 Å². The second-order valence-corrected chi connectivity index (χ2v) is 8.93. The molecule has 1 aliphatic heterocycles. The van der Waals surface area contributed by atoms with E-state index in [9.17, 15) is 13.2 Å². The van der Waals surface area contributed by atoms with Crippen molar-refractivity contribution in [2.75, 3.05) is 26.3 Å². The SMILES string of the molecule is CC(C)N(C(=O)/C=C/c1ccc(S(=O)(=O)N2CCOCC2)cc1)C1CC1. The molecule has 142 valence electrons. The summed E-state index contributed by atoms with van der Waals surface area (Å²) in [5.41, 5.74) is 0.804. The van der Waals surface area contributed by atoms with E-state index in [2.05, 4.69) is 0 Å². The highest BCUT2D eigenvalue weighted by atomic mass is 32.2. The van der Waals surface area contributed by atoms with E-state index in [4.69, 9.17) is 4.74 Å². The molecule has 1 heterocycles. The lowest BCUT2D eigenvalue weighted by atomic mass is 10.2. The molecule has 0 radical (unpaired) electrons. The number of morpholine rings is 1. The lowest BCUT2D eigenvalue weighted by molar-refractivity contribution is -0.128. The molecule has 0 spiro atoms. The second-order valence-electron chi connectivity index (χ2n) is 6.99. The van der Waals surface area contributed by atoms with Gasteiger partial charge in [0, 0.05) is 31.2 Å². The summed E-state index contributed by atoms with van der Waals surface area (Å²) in [4.78, 5) is 14.6. The summed E-state index contributed by atoms with van der Waals surface area (Å²) in [6.07, 6.45) is 5.47. The summed E-state index contributed by atoms with van der Waals surface area (Å²) in [5.74, 6) is 0.00696. The third-order valence-corrected chi connectivity index (χ3v) is 6.57. The second kappa shape index (κ2) is 7.90. The third-order valence-electron chi connectivity index (χ3n) is 4.66. The van der Waals surface area contributed by atoms with Gasteiger partial charge in [-0.15, -0.1) is 0 Å². The summed E-state index contributed by atoms with van der Waals surface area (Å²) in [5, 5.41) is 0. The van der Waals surface area contributed by atoms with Gasteiger partial charge in [0.25, 0.3) is 0 Å². The van der Waals surface area contributed by atoms with Crippen LogP contribution >= 0.6 is 0 Å². The Hall–Kier alpha value is -1.70. The number of carbonyl (C=O) groups excluding carboxylic acids is 1. The minimum Gasteiger partial charge on any atom is -0.379 e. The van der Waals surface area contributed by atoms with Crippen LogP contribution < -0.4 is 0 Å². The van der Waals surface area contributed by atoms with Gasteiger partial charge >= 0.3 is 0 Å². The number of carbonyl (C=O) groups is 1. The Morgan fingerprint density at radius 1 is 1.19 bits per heavy atom. The van der Waals surface area contributed by atoms with E-state index in [1.54, 1.807) is 36.4 Å². The number of amides is 1. The van der Waals surface area contributed by atoms with Crippen molar-refractivity contribution in [2.45, 2.75) is 43.7 Å². The van der Waals surface area contributed by atoms with Crippen LogP contribution in [-0.4, -0.2) is 61.9 Å². The molecule has 2 aliphatic rings. The van der Waals surface area contributed by atoms with Crippen molar-refractivity contribution in [3.05, 3.63) is 35.9 Å². The van der Waals surface area contributed by atoms with Crippen molar-refractivity contribution in [1.29, 1.82) is 0 Å². The maximum atomic E-state index is 12.6. The standard InChI is InChI=1S/C19H26N2O4S/c1-15(2)21(17-6-7-17)19(22)10-5-16-3-8-18(9-4-16)26(23,24)20-11-13-25-14-12-20/h3-5,8-10,15,17H,6-7,11-14H2,1-2H3/b10-5+. The third kappa shape index (κ3) is 4.34. The quantitative estimate of drug-likeness (QED) is 0.711. The number of ether oxygens (including phenoxy) is 1. The minimum absolute atomic E-state index is 0.00696. The molecule has 3 rings (SSSR count). The number of hydrogen-bond acceptors (Lipinski definition) is 4. The molecule has 0 unspecified atom stereocenters. The first-order valence-electron chi connectivity index (χ1n) is 9.08. The highest BCUT2D eigenvalue weighted by Gasteiger charge is 2.33. The number of hydrogen-bond donors (Lipinski definition) is 0. The van der Waals surface area contributed by atoms with E-state index >= 15 is 0 Å². The topological polar surface area (TPSA) is 66.9 Å². The van der Waals surface area contributed by atoms with Gasteiger partial charge in [-0.3, -0.25) is 4.79 Å². The van der Waals surface area contributed by atoms with Gasteiger partial charge < -0.3 is 9.64 Å². The summed E-state index contributed by atoms with van der Waals surface area (Å²) in [7, 11) is -3.48. The van der Waals surface area contributed by atoms with E-state index in [-0.39, 0.29) is 16.8 Å². The Kier molecular flexibility index (Phi) is 5.79. The van der Waals surface area contributed by atoms with Crippen LogP contribution in [0.3, 0.4) is 0 Å². The molecule has 26 heavy (non-hydrogen) atoms. The molecule has 0 aromatic heterocycles. The van der Waals surface area contributed by atoms with Crippen LogP contribution in [0.15, 0.2) is 35.2 Å². The number of sulfonamides is 1. The molecule has 1 saturated carbocycles. The molecule has 0 atom stereocenters. The molecular formula is C19H26N2O4S. The Bertz CT molecular complexity index is 759. The van der Waals surface area contributed by atoms with Crippen LogP contribution in [0.4, 0.5) is 0 Å². The molecule has 1 amide bonds. The first kappa shape index (κ1) is 19.1. The average Bonchev–Trinajstić information content (AvgIpc) is 3.46. The monoisotopic (exact) mass is 378 g/mol. The van der Waals surface area contributed by atoms with Crippen LogP contribution in [0.5, 0.6) is 0 Å². The van der Waals surface area contributed by atoms with Crippen LogP contribution in [-0.2, 0) is 19.6 Å². The Morgan fingerprint density at radius 3 is 2.35 bits per heavy atom. The van der Waals surface area contributed by atoms with Gasteiger partial charge in [-0.25, -0.2) is 8.42 Å². The van der Waals surface area contributed by atoms with Gasteiger partial charge in [0.15, 0.2) is 0 Å². The molecule has 6 nitrogen and oxygen atoms in total. The number of rotatable bonds is 6. The summed E-state index contributed by atoms with van der Waals surface area (Å²) < 4.78 is 31.9. The minimum atomic E-state index is -3.48. The largest absolute Gasteiger partial charge is 0.379 e. The van der Waals surface area contributed by atoms with Crippen molar-refractivity contribution in [2.24, 2.45) is 0 Å². The highest BCUT2D eigenvalue weighted by Crippen LogP contribution is 2.29. The van der Waals surface area contributed by atoms with Gasteiger partial charge in [-0.1, -0.05) is 12.1 Å². The molecule has 7 heteroatoms. The molecule has 1 aromatic rings. The molecule has 1 aliphatic carbocycles. The van der Waals surface area contributed by atoms with E-state index in [1.807, 2.05) is 18.7 Å². The van der Waals surface area contributed by atoms with Crippen molar-refractivity contribution in [1.82, 2.24) is 9.21 Å². The molecule has 0 N–H and O–H groups in total. The van der Waals surface area contributed by atoms with Gasteiger partial charge in [0.05, 0.1) is 18.1 Å². The van der Waals surface area contributed by atoms with Gasteiger partial charge in [-0.2, -0.15) is 4.31 Å². The zero-order valence-corrected chi connectivity index (χ0v) is 16.1.